The third-order valence-corrected chi connectivity index (χ3v) is 15.1. The van der Waals surface area contributed by atoms with Crippen LogP contribution in [0.4, 0.5) is 0 Å². The van der Waals surface area contributed by atoms with Gasteiger partial charge in [0.2, 0.25) is 0 Å². The maximum atomic E-state index is 14.9. The Kier molecular flexibility index (Phi) is 13.9. The Bertz CT molecular complexity index is 1430. The Balaban J connectivity index is 1.12. The number of carbonyl (C=O) groups excluding carboxylic acids is 2. The van der Waals surface area contributed by atoms with Crippen LogP contribution in [0.1, 0.15) is 105 Å². The quantitative estimate of drug-likeness (QED) is 0.175. The maximum absolute atomic E-state index is 14.9. The van der Waals surface area contributed by atoms with Crippen LogP contribution in [0.3, 0.4) is 0 Å². The molecule has 0 N–H and O–H groups in total. The molecule has 7 aliphatic rings. The summed E-state index contributed by atoms with van der Waals surface area (Å²) in [4.78, 5) is 31.0. The highest BCUT2D eigenvalue weighted by Gasteiger charge is 2.54. The number of Topliss-reactive ketones (excluding diaryl/α,β-unsaturated/α-hetero) is 1. The fourth-order valence-electron chi connectivity index (χ4n) is 11.8. The van der Waals surface area contributed by atoms with Crippen LogP contribution in [0.15, 0.2) is 23.3 Å². The molecular formula is C45H71NO10. The summed E-state index contributed by atoms with van der Waals surface area (Å²) in [6, 6.07) is 0.340. The number of rotatable bonds is 10. The highest BCUT2D eigenvalue weighted by Crippen LogP contribution is 2.56. The van der Waals surface area contributed by atoms with Gasteiger partial charge in [0.05, 0.1) is 30.8 Å². The van der Waals surface area contributed by atoms with Crippen LogP contribution in [0.2, 0.25) is 0 Å². The van der Waals surface area contributed by atoms with Crippen molar-refractivity contribution in [3.8, 4) is 0 Å². The van der Waals surface area contributed by atoms with Crippen molar-refractivity contribution in [3.05, 3.63) is 23.3 Å². The fourth-order valence-corrected chi connectivity index (χ4v) is 11.8. The highest BCUT2D eigenvalue weighted by molar-refractivity contribution is 5.99. The molecule has 0 aromatic rings. The molecule has 0 bridgehead atoms. The van der Waals surface area contributed by atoms with Gasteiger partial charge in [0, 0.05) is 39.2 Å². The van der Waals surface area contributed by atoms with E-state index in [1.807, 2.05) is 6.92 Å². The first-order valence-corrected chi connectivity index (χ1v) is 22.0. The number of likely N-dealkylation sites (N-methyl/N-ethyl adjacent to an activating group) is 1. The molecule has 2 saturated carbocycles. The Morgan fingerprint density at radius 3 is 2.18 bits per heavy atom. The number of cyclic esters (lactones) is 1. The van der Waals surface area contributed by atoms with Crippen molar-refractivity contribution < 1.29 is 47.5 Å². The van der Waals surface area contributed by atoms with Gasteiger partial charge in [0.15, 0.2) is 18.4 Å². The van der Waals surface area contributed by atoms with E-state index in [2.05, 4.69) is 51.9 Å². The predicted octanol–water partition coefficient (Wildman–Crippen LogP) is 6.66. The van der Waals surface area contributed by atoms with E-state index in [9.17, 15) is 9.59 Å². The lowest BCUT2D eigenvalue weighted by Crippen LogP contribution is -2.60. The van der Waals surface area contributed by atoms with Gasteiger partial charge >= 0.3 is 5.97 Å². The summed E-state index contributed by atoms with van der Waals surface area (Å²) in [5, 5.41) is 0. The monoisotopic (exact) mass is 786 g/mol. The number of esters is 1. The largest absolute Gasteiger partial charge is 0.462 e. The molecule has 316 valence electrons. The Morgan fingerprint density at radius 2 is 1.54 bits per heavy atom. The molecule has 7 rings (SSSR count). The SMILES string of the molecule is CC[C@@H]1OC(OC2CC3C(C)=CC4C5CC(=O)OC(C6CCC6)CCCC(OC6CC[C@@H](N(C)C)[C@@H](C)O6)C(C)C(=O)C5=CC4C3C2)C(OC)C(OC)C1OC. The van der Waals surface area contributed by atoms with Gasteiger partial charge in [-0.2, -0.15) is 0 Å². The number of fused-ring (bicyclic) bond motifs is 5. The van der Waals surface area contributed by atoms with Crippen molar-refractivity contribution in [3.63, 3.8) is 0 Å². The van der Waals surface area contributed by atoms with Crippen molar-refractivity contribution in [2.24, 2.45) is 41.4 Å². The summed E-state index contributed by atoms with van der Waals surface area (Å²) in [5.41, 5.74) is 2.10. The number of carbonyl (C=O) groups is 2. The minimum Gasteiger partial charge on any atom is -0.462 e. The van der Waals surface area contributed by atoms with E-state index >= 15 is 0 Å². The van der Waals surface area contributed by atoms with Crippen molar-refractivity contribution in [1.29, 1.82) is 0 Å². The second-order valence-electron chi connectivity index (χ2n) is 18.4. The number of hydrogen-bond acceptors (Lipinski definition) is 11. The Morgan fingerprint density at radius 1 is 0.804 bits per heavy atom. The molecule has 0 spiro atoms. The minimum atomic E-state index is -0.592. The normalized spacial score (nSPS) is 45.1. The fraction of sp³-hybridized carbons (Fsp3) is 0.867. The molecule has 5 fully saturated rings. The van der Waals surface area contributed by atoms with Gasteiger partial charge in [-0.05, 0) is 127 Å². The zero-order chi connectivity index (χ0) is 39.8. The van der Waals surface area contributed by atoms with E-state index in [0.717, 1.165) is 69.8 Å². The number of ether oxygens (including phenoxy) is 8. The van der Waals surface area contributed by atoms with Crippen molar-refractivity contribution in [1.82, 2.24) is 4.90 Å². The number of nitrogens with zero attached hydrogens (tertiary/aromatic N) is 1. The summed E-state index contributed by atoms with van der Waals surface area (Å²) in [6.45, 7) is 8.47. The molecule has 0 aromatic heterocycles. The van der Waals surface area contributed by atoms with E-state index in [1.54, 1.807) is 21.3 Å². The average Bonchev–Trinajstić information content (AvgIpc) is 3.73. The molecule has 3 heterocycles. The second kappa shape index (κ2) is 18.3. The van der Waals surface area contributed by atoms with Crippen molar-refractivity contribution in [2.45, 2.75) is 172 Å². The van der Waals surface area contributed by atoms with E-state index in [1.165, 1.54) is 12.0 Å². The van der Waals surface area contributed by atoms with Gasteiger partial charge < -0.3 is 42.8 Å². The number of allylic oxidation sites excluding steroid dienone is 4. The van der Waals surface area contributed by atoms with Crippen molar-refractivity contribution in [2.75, 3.05) is 35.4 Å². The molecule has 4 aliphatic carbocycles. The van der Waals surface area contributed by atoms with Crippen LogP contribution >= 0.6 is 0 Å². The maximum Gasteiger partial charge on any atom is 0.306 e. The van der Waals surface area contributed by atoms with E-state index in [0.29, 0.717) is 17.9 Å². The van der Waals surface area contributed by atoms with Crippen LogP contribution < -0.4 is 0 Å². The molecule has 56 heavy (non-hydrogen) atoms. The highest BCUT2D eigenvalue weighted by atomic mass is 16.7. The van der Waals surface area contributed by atoms with Gasteiger partial charge in [-0.15, -0.1) is 0 Å². The predicted molar refractivity (Wildman–Crippen MR) is 211 cm³/mol. The molecule has 0 amide bonds. The lowest BCUT2D eigenvalue weighted by atomic mass is 9.67. The third-order valence-electron chi connectivity index (χ3n) is 15.1. The summed E-state index contributed by atoms with van der Waals surface area (Å²) in [5.74, 6) is 0.518. The molecule has 11 nitrogen and oxygen atoms in total. The summed E-state index contributed by atoms with van der Waals surface area (Å²) in [7, 11) is 9.24. The van der Waals surface area contributed by atoms with Crippen LogP contribution in [-0.4, -0.2) is 120 Å². The first-order chi connectivity index (χ1) is 27.0. The minimum absolute atomic E-state index is 0.0393. The zero-order valence-electron chi connectivity index (χ0n) is 35.6. The molecule has 3 saturated heterocycles. The summed E-state index contributed by atoms with van der Waals surface area (Å²) in [6.07, 6.45) is 12.4. The summed E-state index contributed by atoms with van der Waals surface area (Å²) < 4.78 is 50.6. The number of ketones is 1. The van der Waals surface area contributed by atoms with E-state index in [4.69, 9.17) is 37.9 Å². The van der Waals surface area contributed by atoms with Gasteiger partial charge in [0.25, 0.3) is 0 Å². The van der Waals surface area contributed by atoms with Crippen LogP contribution in [-0.2, 0) is 47.5 Å². The van der Waals surface area contributed by atoms with E-state index in [-0.39, 0.29) is 96.8 Å². The molecule has 11 heteroatoms. The van der Waals surface area contributed by atoms with Gasteiger partial charge in [-0.25, -0.2) is 0 Å². The Labute approximate surface area is 335 Å². The molecular weight excluding hydrogens is 714 g/mol. The molecule has 3 aliphatic heterocycles. The van der Waals surface area contributed by atoms with E-state index < -0.39 is 12.4 Å². The third kappa shape index (κ3) is 8.49. The molecule has 0 aromatic carbocycles. The smallest absolute Gasteiger partial charge is 0.306 e. The summed E-state index contributed by atoms with van der Waals surface area (Å²) >= 11 is 0. The molecule has 17 atom stereocenters. The standard InChI is InChI=1S/C45H71NO10/c1-10-36-42(49-7)43(50-8)44(51-9)45(56-36)53-28-20-29-24(2)19-30-32(31(29)21-28)22-34-33(30)23-39(47)54-38(27-13-11-14-27)16-12-15-37(25(3)41(34)48)55-40-18-17-35(46(5)6)26(4)52-40/h19,22,25-33,35-38,40,42-45H,10-18,20-21,23H2,1-9H3/t25?,26-,28?,29?,30?,31?,32?,33?,35-,36+,37?,38?,40?,42?,43?,44?,45?/m1/s1. The number of methoxy groups -OCH3 is 3. The van der Waals surface area contributed by atoms with Gasteiger partial charge in [0.1, 0.15) is 24.4 Å². The topological polar surface area (TPSA) is 111 Å². The average molecular weight is 786 g/mol. The lowest BCUT2D eigenvalue weighted by molar-refractivity contribution is -0.317. The molecule has 0 radical (unpaired) electrons. The molecule has 14 unspecified atom stereocenters. The van der Waals surface area contributed by atoms with Gasteiger partial charge in [-0.3, -0.25) is 9.59 Å². The van der Waals surface area contributed by atoms with Gasteiger partial charge in [-0.1, -0.05) is 38.0 Å². The van der Waals surface area contributed by atoms with Crippen LogP contribution in [0.5, 0.6) is 0 Å². The van der Waals surface area contributed by atoms with Crippen LogP contribution in [0.25, 0.3) is 0 Å². The first kappa shape index (κ1) is 42.4. The zero-order valence-corrected chi connectivity index (χ0v) is 35.6. The number of hydrogen-bond donors (Lipinski definition) is 0. The Hall–Kier alpha value is -1.70. The second-order valence-corrected chi connectivity index (χ2v) is 18.4. The lowest BCUT2D eigenvalue weighted by Gasteiger charge is -2.45. The first-order valence-electron chi connectivity index (χ1n) is 22.0. The van der Waals surface area contributed by atoms with Crippen LogP contribution in [0, 0.1) is 41.4 Å². The van der Waals surface area contributed by atoms with Crippen molar-refractivity contribution >= 4 is 11.8 Å².